The zero-order valence-corrected chi connectivity index (χ0v) is 11.5. The predicted molar refractivity (Wildman–Crippen MR) is 70.4 cm³/mol. The van der Waals surface area contributed by atoms with E-state index in [4.69, 9.17) is 16.0 Å². The summed E-state index contributed by atoms with van der Waals surface area (Å²) in [6.07, 6.45) is 0.784. The Kier molecular flexibility index (Phi) is 4.02. The van der Waals surface area contributed by atoms with Gasteiger partial charge in [-0.25, -0.2) is 9.97 Å². The summed E-state index contributed by atoms with van der Waals surface area (Å²) in [5.41, 5.74) is 0. The minimum absolute atomic E-state index is 0.445. The van der Waals surface area contributed by atoms with E-state index in [1.165, 1.54) is 0 Å². The Balaban J connectivity index is 1.89. The number of anilines is 1. The van der Waals surface area contributed by atoms with Gasteiger partial charge in [0.1, 0.15) is 22.6 Å². The van der Waals surface area contributed by atoms with Crippen molar-refractivity contribution >= 4 is 33.3 Å². The molecular weight excluding hydrogens is 305 g/mol. The van der Waals surface area contributed by atoms with Crippen LogP contribution in [0.1, 0.15) is 11.6 Å². The summed E-state index contributed by atoms with van der Waals surface area (Å²) in [5.74, 6) is 2.30. The van der Waals surface area contributed by atoms with Crippen molar-refractivity contribution in [3.63, 3.8) is 0 Å². The molecule has 0 amide bonds. The van der Waals surface area contributed by atoms with Gasteiger partial charge in [-0.2, -0.15) is 0 Å². The van der Waals surface area contributed by atoms with Gasteiger partial charge in [-0.1, -0.05) is 11.6 Å². The molecular formula is C11H11BrClN3O. The standard InChI is InChI=1S/C11H11BrClN3O/c1-7-15-10(13)6-11(16-7)14-5-4-8-2-3-9(12)17-8/h2-3,6H,4-5H2,1H3,(H,14,15,16). The van der Waals surface area contributed by atoms with Crippen LogP contribution in [-0.2, 0) is 6.42 Å². The van der Waals surface area contributed by atoms with Crippen molar-refractivity contribution in [1.82, 2.24) is 9.97 Å². The fourth-order valence-electron chi connectivity index (χ4n) is 1.42. The lowest BCUT2D eigenvalue weighted by atomic mass is 10.3. The van der Waals surface area contributed by atoms with Gasteiger partial charge in [0.05, 0.1) is 0 Å². The molecule has 0 atom stereocenters. The van der Waals surface area contributed by atoms with E-state index in [9.17, 15) is 0 Å². The van der Waals surface area contributed by atoms with Crippen molar-refractivity contribution in [3.05, 3.63) is 39.6 Å². The highest BCUT2D eigenvalue weighted by molar-refractivity contribution is 9.10. The van der Waals surface area contributed by atoms with Crippen molar-refractivity contribution in [1.29, 1.82) is 0 Å². The molecule has 0 aliphatic heterocycles. The Hall–Kier alpha value is -1.07. The molecule has 4 nitrogen and oxygen atoms in total. The third-order valence-corrected chi connectivity index (χ3v) is 2.73. The Bertz CT molecular complexity index is 495. The van der Waals surface area contributed by atoms with Gasteiger partial charge in [0, 0.05) is 19.0 Å². The summed E-state index contributed by atoms with van der Waals surface area (Å²) in [4.78, 5) is 8.22. The number of nitrogens with zero attached hydrogens (tertiary/aromatic N) is 2. The molecule has 0 aliphatic carbocycles. The lowest BCUT2D eigenvalue weighted by Crippen LogP contribution is -2.06. The van der Waals surface area contributed by atoms with Gasteiger partial charge >= 0.3 is 0 Å². The smallest absolute Gasteiger partial charge is 0.169 e. The number of halogens is 2. The highest BCUT2D eigenvalue weighted by atomic mass is 79.9. The first-order valence-electron chi connectivity index (χ1n) is 5.13. The lowest BCUT2D eigenvalue weighted by molar-refractivity contribution is 0.491. The molecule has 0 radical (unpaired) electrons. The Morgan fingerprint density at radius 1 is 1.41 bits per heavy atom. The zero-order valence-electron chi connectivity index (χ0n) is 9.20. The molecule has 2 rings (SSSR count). The summed E-state index contributed by atoms with van der Waals surface area (Å²) in [5, 5.41) is 3.62. The summed E-state index contributed by atoms with van der Waals surface area (Å²) in [6.45, 7) is 2.54. The minimum Gasteiger partial charge on any atom is -0.454 e. The normalized spacial score (nSPS) is 10.5. The van der Waals surface area contributed by atoms with Crippen LogP contribution in [0.2, 0.25) is 5.15 Å². The molecule has 0 aromatic carbocycles. The van der Waals surface area contributed by atoms with Crippen LogP contribution in [0.5, 0.6) is 0 Å². The van der Waals surface area contributed by atoms with Crippen LogP contribution < -0.4 is 5.32 Å². The molecule has 2 heterocycles. The van der Waals surface area contributed by atoms with Gasteiger partial charge in [-0.3, -0.25) is 0 Å². The molecule has 0 spiro atoms. The monoisotopic (exact) mass is 315 g/mol. The van der Waals surface area contributed by atoms with Crippen molar-refractivity contribution < 1.29 is 4.42 Å². The molecule has 0 aliphatic rings. The third-order valence-electron chi connectivity index (χ3n) is 2.11. The van der Waals surface area contributed by atoms with Gasteiger partial charge in [-0.15, -0.1) is 0 Å². The lowest BCUT2D eigenvalue weighted by Gasteiger charge is -2.05. The van der Waals surface area contributed by atoms with E-state index in [1.807, 2.05) is 12.1 Å². The molecule has 17 heavy (non-hydrogen) atoms. The molecule has 1 N–H and O–H groups in total. The highest BCUT2D eigenvalue weighted by Gasteiger charge is 2.01. The van der Waals surface area contributed by atoms with E-state index < -0.39 is 0 Å². The fraction of sp³-hybridized carbons (Fsp3) is 0.273. The minimum atomic E-state index is 0.445. The Labute approximate surface area is 113 Å². The highest BCUT2D eigenvalue weighted by Crippen LogP contribution is 2.15. The zero-order chi connectivity index (χ0) is 12.3. The first-order valence-corrected chi connectivity index (χ1v) is 6.30. The second-order valence-electron chi connectivity index (χ2n) is 3.51. The maximum Gasteiger partial charge on any atom is 0.169 e. The van der Waals surface area contributed by atoms with E-state index in [1.54, 1.807) is 13.0 Å². The summed E-state index contributed by atoms with van der Waals surface area (Å²) in [6, 6.07) is 5.51. The second kappa shape index (κ2) is 5.51. The van der Waals surface area contributed by atoms with Crippen molar-refractivity contribution in [2.24, 2.45) is 0 Å². The van der Waals surface area contributed by atoms with E-state index in [0.29, 0.717) is 11.0 Å². The van der Waals surface area contributed by atoms with E-state index >= 15 is 0 Å². The number of aryl methyl sites for hydroxylation is 1. The largest absolute Gasteiger partial charge is 0.454 e. The van der Waals surface area contributed by atoms with Crippen LogP contribution in [0, 0.1) is 6.92 Å². The number of rotatable bonds is 4. The van der Waals surface area contributed by atoms with E-state index in [2.05, 4.69) is 31.2 Å². The summed E-state index contributed by atoms with van der Waals surface area (Å²) in [7, 11) is 0. The average molecular weight is 317 g/mol. The van der Waals surface area contributed by atoms with Gasteiger partial charge in [-0.05, 0) is 35.0 Å². The third kappa shape index (κ3) is 3.71. The fourth-order valence-corrected chi connectivity index (χ4v) is 1.99. The van der Waals surface area contributed by atoms with Crippen molar-refractivity contribution in [2.45, 2.75) is 13.3 Å². The molecule has 2 aromatic rings. The molecule has 0 saturated carbocycles. The maximum absolute atomic E-state index is 5.83. The summed E-state index contributed by atoms with van der Waals surface area (Å²) >= 11 is 9.10. The Morgan fingerprint density at radius 3 is 2.88 bits per heavy atom. The van der Waals surface area contributed by atoms with E-state index in [-0.39, 0.29) is 0 Å². The van der Waals surface area contributed by atoms with Crippen LogP contribution in [-0.4, -0.2) is 16.5 Å². The van der Waals surface area contributed by atoms with Crippen LogP contribution in [0.15, 0.2) is 27.3 Å². The SMILES string of the molecule is Cc1nc(Cl)cc(NCCc2ccc(Br)o2)n1. The number of furan rings is 1. The molecule has 0 bridgehead atoms. The maximum atomic E-state index is 5.83. The number of hydrogen-bond donors (Lipinski definition) is 1. The van der Waals surface area contributed by atoms with Gasteiger partial charge in [0.15, 0.2) is 4.67 Å². The second-order valence-corrected chi connectivity index (χ2v) is 4.67. The van der Waals surface area contributed by atoms with Crippen LogP contribution >= 0.6 is 27.5 Å². The molecule has 0 fully saturated rings. The molecule has 0 unspecified atom stereocenters. The van der Waals surface area contributed by atoms with Crippen molar-refractivity contribution in [3.8, 4) is 0 Å². The topological polar surface area (TPSA) is 51.0 Å². The number of nitrogens with one attached hydrogen (secondary N) is 1. The quantitative estimate of drug-likeness (QED) is 0.878. The Morgan fingerprint density at radius 2 is 2.24 bits per heavy atom. The van der Waals surface area contributed by atoms with Gasteiger partial charge in [0.25, 0.3) is 0 Å². The first-order chi connectivity index (χ1) is 8.13. The summed E-state index contributed by atoms with van der Waals surface area (Å²) < 4.78 is 6.13. The molecule has 0 saturated heterocycles. The first kappa shape index (κ1) is 12.4. The predicted octanol–water partition coefficient (Wildman–Crippen LogP) is 3.45. The van der Waals surface area contributed by atoms with Gasteiger partial charge in [0.2, 0.25) is 0 Å². The molecule has 90 valence electrons. The van der Waals surface area contributed by atoms with Crippen LogP contribution in [0.25, 0.3) is 0 Å². The average Bonchev–Trinajstić information content (AvgIpc) is 2.63. The van der Waals surface area contributed by atoms with Crippen LogP contribution in [0.4, 0.5) is 5.82 Å². The van der Waals surface area contributed by atoms with Crippen molar-refractivity contribution in [2.75, 3.05) is 11.9 Å². The van der Waals surface area contributed by atoms with Gasteiger partial charge < -0.3 is 9.73 Å². The number of hydrogen-bond acceptors (Lipinski definition) is 4. The van der Waals surface area contributed by atoms with Crippen LogP contribution in [0.3, 0.4) is 0 Å². The molecule has 6 heteroatoms. The number of aromatic nitrogens is 2. The molecule has 2 aromatic heterocycles. The van der Waals surface area contributed by atoms with E-state index in [0.717, 1.165) is 29.2 Å².